The maximum Gasteiger partial charge on any atom is 0.152 e. The van der Waals surface area contributed by atoms with Crippen molar-refractivity contribution in [2.24, 2.45) is 7.05 Å². The van der Waals surface area contributed by atoms with Crippen LogP contribution in [0.4, 0.5) is 0 Å². The molecule has 2 aromatic rings. The minimum Gasteiger partial charge on any atom is -0.319 e. The Bertz CT molecular complexity index is 419. The largest absolute Gasteiger partial charge is 0.319 e. The van der Waals surface area contributed by atoms with Crippen LogP contribution in [-0.4, -0.2) is 29.5 Å². The molecule has 0 bridgehead atoms. The monoisotopic (exact) mass is 212 g/mol. The van der Waals surface area contributed by atoms with Crippen LogP contribution >= 0.6 is 11.6 Å². The summed E-state index contributed by atoms with van der Waals surface area (Å²) in [5.74, 6) is 1.92. The first kappa shape index (κ1) is 9.14. The molecule has 14 heavy (non-hydrogen) atoms. The number of rotatable bonds is 3. The fraction of sp³-hybridized carbons (Fsp3) is 0.429. The van der Waals surface area contributed by atoms with Gasteiger partial charge in [0.25, 0.3) is 0 Å². The first-order chi connectivity index (χ1) is 6.81. The summed E-state index contributed by atoms with van der Waals surface area (Å²) in [7, 11) is 1.89. The van der Waals surface area contributed by atoms with Crippen molar-refractivity contribution >= 4 is 11.6 Å². The minimum atomic E-state index is 0.345. The summed E-state index contributed by atoms with van der Waals surface area (Å²) in [5, 5.41) is 15.4. The Hall–Kier alpha value is -1.43. The Morgan fingerprint density at radius 1 is 1.21 bits per heavy atom. The first-order valence-electron chi connectivity index (χ1n) is 4.07. The van der Waals surface area contributed by atoms with Crippen molar-refractivity contribution < 1.29 is 0 Å². The average molecular weight is 213 g/mol. The second-order valence-electron chi connectivity index (χ2n) is 2.87. The van der Waals surface area contributed by atoms with Crippen LogP contribution in [0.15, 0.2) is 12.7 Å². The summed E-state index contributed by atoms with van der Waals surface area (Å²) in [5.41, 5.74) is 0. The van der Waals surface area contributed by atoms with Gasteiger partial charge in [-0.25, -0.2) is 0 Å². The predicted octanol–water partition coefficient (Wildman–Crippen LogP) is 0.194. The summed E-state index contributed by atoms with van der Waals surface area (Å²) in [6, 6.07) is 0. The van der Waals surface area contributed by atoms with Gasteiger partial charge in [0, 0.05) is 7.05 Å². The van der Waals surface area contributed by atoms with Gasteiger partial charge in [-0.05, 0) is 0 Å². The fourth-order valence-corrected chi connectivity index (χ4v) is 1.32. The van der Waals surface area contributed by atoms with Crippen molar-refractivity contribution in [3.8, 4) is 0 Å². The third-order valence-corrected chi connectivity index (χ3v) is 2.17. The molecule has 0 amide bonds. The summed E-state index contributed by atoms with van der Waals surface area (Å²) in [6.45, 7) is 0.589. The third kappa shape index (κ3) is 1.60. The molecule has 6 nitrogen and oxygen atoms in total. The second-order valence-corrected chi connectivity index (χ2v) is 3.13. The average Bonchev–Trinajstić information content (AvgIpc) is 2.77. The molecule has 7 heteroatoms. The molecule has 0 aliphatic heterocycles. The van der Waals surface area contributed by atoms with Gasteiger partial charge in [0.05, 0.1) is 12.4 Å². The van der Waals surface area contributed by atoms with E-state index >= 15 is 0 Å². The zero-order valence-electron chi connectivity index (χ0n) is 7.63. The quantitative estimate of drug-likeness (QED) is 0.682. The van der Waals surface area contributed by atoms with E-state index in [4.69, 9.17) is 11.6 Å². The van der Waals surface area contributed by atoms with E-state index < -0.39 is 0 Å². The molecule has 0 atom stereocenters. The van der Waals surface area contributed by atoms with Crippen LogP contribution in [0, 0.1) is 0 Å². The van der Waals surface area contributed by atoms with Crippen LogP contribution in [-0.2, 0) is 19.5 Å². The van der Waals surface area contributed by atoms with Crippen molar-refractivity contribution in [1.82, 2.24) is 29.5 Å². The lowest BCUT2D eigenvalue weighted by molar-refractivity contribution is 0.675. The smallest absolute Gasteiger partial charge is 0.152 e. The normalized spacial score (nSPS) is 10.7. The highest BCUT2D eigenvalue weighted by atomic mass is 35.5. The van der Waals surface area contributed by atoms with Crippen molar-refractivity contribution in [1.29, 1.82) is 0 Å². The maximum atomic E-state index is 5.69. The molecule has 0 fully saturated rings. The SMILES string of the molecule is Cn1cnnc1Cn1cnnc1CCl. The lowest BCUT2D eigenvalue weighted by atomic mass is 10.5. The van der Waals surface area contributed by atoms with Gasteiger partial charge in [-0.15, -0.1) is 32.0 Å². The van der Waals surface area contributed by atoms with Crippen molar-refractivity contribution in [3.63, 3.8) is 0 Å². The Kier molecular flexibility index (Phi) is 2.45. The molecule has 0 radical (unpaired) electrons. The number of aromatic nitrogens is 6. The Labute approximate surface area is 85.5 Å². The van der Waals surface area contributed by atoms with E-state index in [1.807, 2.05) is 16.2 Å². The Balaban J connectivity index is 2.22. The van der Waals surface area contributed by atoms with Crippen LogP contribution in [0.2, 0.25) is 0 Å². The van der Waals surface area contributed by atoms with Gasteiger partial charge < -0.3 is 9.13 Å². The first-order valence-corrected chi connectivity index (χ1v) is 4.60. The number of halogens is 1. The van der Waals surface area contributed by atoms with Crippen molar-refractivity contribution in [2.75, 3.05) is 0 Å². The van der Waals surface area contributed by atoms with E-state index in [1.54, 1.807) is 12.7 Å². The summed E-state index contributed by atoms with van der Waals surface area (Å²) in [4.78, 5) is 0. The fourth-order valence-electron chi connectivity index (χ4n) is 1.12. The standard InChI is InChI=1S/C7H9ClN6/c1-13-4-9-12-7(13)3-14-5-10-11-6(14)2-8/h4-5H,2-3H2,1H3. The molecular weight excluding hydrogens is 204 g/mol. The molecule has 0 aromatic carbocycles. The van der Waals surface area contributed by atoms with Crippen molar-refractivity contribution in [2.45, 2.75) is 12.4 Å². The second kappa shape index (κ2) is 3.75. The summed E-state index contributed by atoms with van der Waals surface area (Å²) < 4.78 is 3.69. The number of hydrogen-bond acceptors (Lipinski definition) is 4. The Morgan fingerprint density at radius 2 is 1.93 bits per heavy atom. The molecule has 2 heterocycles. The highest BCUT2D eigenvalue weighted by Crippen LogP contribution is 2.02. The number of alkyl halides is 1. The molecule has 2 rings (SSSR count). The zero-order chi connectivity index (χ0) is 9.97. The van der Waals surface area contributed by atoms with Crippen LogP contribution in [0.25, 0.3) is 0 Å². The summed E-state index contributed by atoms with van der Waals surface area (Å²) >= 11 is 5.69. The third-order valence-electron chi connectivity index (χ3n) is 1.93. The molecule has 0 saturated heterocycles. The molecule has 0 spiro atoms. The van der Waals surface area contributed by atoms with E-state index in [1.165, 1.54) is 0 Å². The molecule has 0 N–H and O–H groups in total. The van der Waals surface area contributed by atoms with Gasteiger partial charge >= 0.3 is 0 Å². The molecule has 0 saturated carbocycles. The van der Waals surface area contributed by atoms with E-state index in [0.29, 0.717) is 12.4 Å². The van der Waals surface area contributed by atoms with E-state index in [9.17, 15) is 0 Å². The van der Waals surface area contributed by atoms with Gasteiger partial charge in [0.1, 0.15) is 18.5 Å². The summed E-state index contributed by atoms with van der Waals surface area (Å²) in [6.07, 6.45) is 3.28. The van der Waals surface area contributed by atoms with Gasteiger partial charge in [-0.1, -0.05) is 0 Å². The van der Waals surface area contributed by atoms with Gasteiger partial charge in [0.15, 0.2) is 5.82 Å². The lowest BCUT2D eigenvalue weighted by Gasteiger charge is -2.02. The lowest BCUT2D eigenvalue weighted by Crippen LogP contribution is -2.07. The van der Waals surface area contributed by atoms with Crippen LogP contribution in [0.1, 0.15) is 11.6 Å². The number of nitrogens with zero attached hydrogens (tertiary/aromatic N) is 6. The van der Waals surface area contributed by atoms with Crippen LogP contribution in [0.5, 0.6) is 0 Å². The highest BCUT2D eigenvalue weighted by molar-refractivity contribution is 6.16. The predicted molar refractivity (Wildman–Crippen MR) is 49.7 cm³/mol. The van der Waals surface area contributed by atoms with E-state index in [2.05, 4.69) is 20.4 Å². The zero-order valence-corrected chi connectivity index (χ0v) is 8.39. The van der Waals surface area contributed by atoms with Crippen molar-refractivity contribution in [3.05, 3.63) is 24.3 Å². The number of hydrogen-bond donors (Lipinski definition) is 0. The minimum absolute atomic E-state index is 0.345. The Morgan fingerprint density at radius 3 is 2.57 bits per heavy atom. The topological polar surface area (TPSA) is 61.4 Å². The maximum absolute atomic E-state index is 5.69. The van der Waals surface area contributed by atoms with Gasteiger partial charge in [-0.3, -0.25) is 0 Å². The molecular formula is C7H9ClN6. The van der Waals surface area contributed by atoms with Gasteiger partial charge in [0.2, 0.25) is 0 Å². The van der Waals surface area contributed by atoms with E-state index in [-0.39, 0.29) is 0 Å². The molecule has 0 aliphatic rings. The highest BCUT2D eigenvalue weighted by Gasteiger charge is 2.06. The van der Waals surface area contributed by atoms with Gasteiger partial charge in [-0.2, -0.15) is 0 Å². The molecule has 0 aliphatic carbocycles. The van der Waals surface area contributed by atoms with E-state index in [0.717, 1.165) is 11.6 Å². The molecule has 0 unspecified atom stereocenters. The van der Waals surface area contributed by atoms with Crippen LogP contribution in [0.3, 0.4) is 0 Å². The molecule has 2 aromatic heterocycles. The molecule has 74 valence electrons. The number of aryl methyl sites for hydroxylation is 1. The van der Waals surface area contributed by atoms with Crippen LogP contribution < -0.4 is 0 Å².